The van der Waals surface area contributed by atoms with Crippen molar-refractivity contribution in [3.63, 3.8) is 0 Å². The maximum Gasteiger partial charge on any atom is 0.371 e. The first-order valence-electron chi connectivity index (χ1n) is 7.05. The quantitative estimate of drug-likeness (QED) is 0.715. The number of anilines is 1. The molecule has 2 aromatic rings. The van der Waals surface area contributed by atoms with Crippen LogP contribution >= 0.6 is 0 Å². The molecular weight excluding hydrogens is 350 g/mol. The predicted molar refractivity (Wildman–Crippen MR) is 88.8 cm³/mol. The molecule has 0 aliphatic heterocycles. The van der Waals surface area contributed by atoms with Crippen molar-refractivity contribution in [3.8, 4) is 0 Å². The van der Waals surface area contributed by atoms with Gasteiger partial charge in [0.2, 0.25) is 11.7 Å². The van der Waals surface area contributed by atoms with Crippen LogP contribution in [0.2, 0.25) is 0 Å². The number of carboxylic acid groups (broad SMARTS) is 1. The number of carboxylic acids is 1. The minimum Gasteiger partial charge on any atom is -0.475 e. The number of methoxy groups -OCH3 is 1. The fraction of sp³-hybridized carbons (Fsp3) is 0.188. The Hall–Kier alpha value is -2.94. The molecule has 0 saturated heterocycles. The largest absolute Gasteiger partial charge is 0.475 e. The molecule has 2 rings (SSSR count). The number of rotatable bonds is 7. The summed E-state index contributed by atoms with van der Waals surface area (Å²) in [6, 6.07) is 8.92. The van der Waals surface area contributed by atoms with Crippen LogP contribution in [0.5, 0.6) is 0 Å². The number of hydrogen-bond donors (Lipinski definition) is 2. The molecule has 0 spiro atoms. The van der Waals surface area contributed by atoms with Crippen LogP contribution < -0.4 is 5.32 Å². The summed E-state index contributed by atoms with van der Waals surface area (Å²) in [4.78, 5) is 34.4. The fourth-order valence-corrected chi connectivity index (χ4v) is 2.93. The molecule has 0 aliphatic rings. The normalized spacial score (nSPS) is 11.6. The highest BCUT2D eigenvalue weighted by Crippen LogP contribution is 2.16. The van der Waals surface area contributed by atoms with Crippen LogP contribution in [0.15, 0.2) is 40.8 Å². The second-order valence-electron chi connectivity index (χ2n) is 4.88. The zero-order valence-electron chi connectivity index (χ0n) is 13.2. The van der Waals surface area contributed by atoms with Gasteiger partial charge < -0.3 is 19.6 Å². The summed E-state index contributed by atoms with van der Waals surface area (Å²) >= 11 is 0. The van der Waals surface area contributed by atoms with Crippen LogP contribution in [0.3, 0.4) is 0 Å². The van der Waals surface area contributed by atoms with Crippen molar-refractivity contribution in [1.82, 2.24) is 0 Å². The number of nitrogens with one attached hydrogen (secondary N) is 1. The van der Waals surface area contributed by atoms with Gasteiger partial charge >= 0.3 is 11.9 Å². The van der Waals surface area contributed by atoms with Crippen molar-refractivity contribution in [2.75, 3.05) is 18.2 Å². The molecule has 1 heterocycles. The highest BCUT2D eigenvalue weighted by atomic mass is 32.2. The average molecular weight is 365 g/mol. The highest BCUT2D eigenvalue weighted by Gasteiger charge is 2.16. The molecule has 1 atom stereocenters. The molecule has 0 radical (unpaired) electrons. The molecule has 0 fully saturated rings. The van der Waals surface area contributed by atoms with Gasteiger partial charge in [-0.15, -0.1) is 0 Å². The number of carbonyl (C=O) groups is 3. The summed E-state index contributed by atoms with van der Waals surface area (Å²) in [6.45, 7) is 0. The number of esters is 1. The number of hydrogen-bond acceptors (Lipinski definition) is 6. The first-order valence-corrected chi connectivity index (χ1v) is 8.53. The van der Waals surface area contributed by atoms with Crippen molar-refractivity contribution in [3.05, 3.63) is 53.5 Å². The van der Waals surface area contributed by atoms with Gasteiger partial charge in [0, 0.05) is 10.8 Å². The lowest BCUT2D eigenvalue weighted by molar-refractivity contribution is -0.113. The fourth-order valence-electron chi connectivity index (χ4n) is 1.99. The van der Waals surface area contributed by atoms with E-state index in [2.05, 4.69) is 10.1 Å². The maximum absolute atomic E-state index is 12.0. The molecule has 0 bridgehead atoms. The summed E-state index contributed by atoms with van der Waals surface area (Å²) in [5, 5.41) is 11.3. The molecule has 132 valence electrons. The van der Waals surface area contributed by atoms with E-state index in [1.54, 1.807) is 12.1 Å². The number of aromatic carboxylic acids is 1. The number of benzene rings is 1. The Balaban J connectivity index is 1.97. The summed E-state index contributed by atoms with van der Waals surface area (Å²) in [5.74, 6) is -2.87. The van der Waals surface area contributed by atoms with E-state index >= 15 is 0 Å². The Morgan fingerprint density at radius 1 is 1.20 bits per heavy atom. The van der Waals surface area contributed by atoms with E-state index in [0.29, 0.717) is 0 Å². The molecule has 0 saturated carbocycles. The first kappa shape index (κ1) is 18.4. The van der Waals surface area contributed by atoms with Crippen molar-refractivity contribution < 1.29 is 32.9 Å². The van der Waals surface area contributed by atoms with Crippen molar-refractivity contribution >= 4 is 34.3 Å². The number of carbonyl (C=O) groups excluding carboxylic acids is 2. The lowest BCUT2D eigenvalue weighted by atomic mass is 10.2. The number of ether oxygens (including phenoxy) is 1. The Morgan fingerprint density at radius 2 is 1.92 bits per heavy atom. The SMILES string of the molecule is COC(=O)c1ccccc1NC(=O)CS(=O)Cc1ccc(C(=O)O)o1. The molecular formula is C16H15NO7S. The summed E-state index contributed by atoms with van der Waals surface area (Å²) in [7, 11) is -0.382. The summed E-state index contributed by atoms with van der Waals surface area (Å²) < 4.78 is 21.6. The van der Waals surface area contributed by atoms with Crippen LogP contribution in [0.1, 0.15) is 26.7 Å². The van der Waals surface area contributed by atoms with Crippen molar-refractivity contribution in [2.45, 2.75) is 5.75 Å². The van der Waals surface area contributed by atoms with Crippen LogP contribution in [-0.4, -0.2) is 40.0 Å². The lowest BCUT2D eigenvalue weighted by Gasteiger charge is -2.09. The summed E-state index contributed by atoms with van der Waals surface area (Å²) in [5.41, 5.74) is 0.434. The molecule has 1 unspecified atom stereocenters. The van der Waals surface area contributed by atoms with Gasteiger partial charge in [-0.25, -0.2) is 9.59 Å². The van der Waals surface area contributed by atoms with Gasteiger partial charge in [-0.2, -0.15) is 0 Å². The van der Waals surface area contributed by atoms with Gasteiger partial charge in [0.1, 0.15) is 11.5 Å². The Morgan fingerprint density at radius 3 is 2.56 bits per heavy atom. The van der Waals surface area contributed by atoms with Gasteiger partial charge in [0.05, 0.1) is 24.1 Å². The van der Waals surface area contributed by atoms with Gasteiger partial charge in [0.15, 0.2) is 0 Å². The van der Waals surface area contributed by atoms with E-state index in [9.17, 15) is 18.6 Å². The summed E-state index contributed by atoms with van der Waals surface area (Å²) in [6.07, 6.45) is 0. The van der Waals surface area contributed by atoms with E-state index in [1.807, 2.05) is 0 Å². The Labute approximate surface area is 145 Å². The number of amides is 1. The third kappa shape index (κ3) is 5.01. The van der Waals surface area contributed by atoms with Crippen LogP contribution in [0, 0.1) is 0 Å². The van der Waals surface area contributed by atoms with E-state index in [1.165, 1.54) is 31.4 Å². The van der Waals surface area contributed by atoms with Gasteiger partial charge in [0.25, 0.3) is 0 Å². The Bertz CT molecular complexity index is 827. The molecule has 9 heteroatoms. The predicted octanol–water partition coefficient (Wildman–Crippen LogP) is 1.65. The smallest absolute Gasteiger partial charge is 0.371 e. The van der Waals surface area contributed by atoms with E-state index in [4.69, 9.17) is 9.52 Å². The lowest BCUT2D eigenvalue weighted by Crippen LogP contribution is -2.21. The third-order valence-corrected chi connectivity index (χ3v) is 4.26. The molecule has 1 aromatic carbocycles. The van der Waals surface area contributed by atoms with Gasteiger partial charge in [-0.1, -0.05) is 12.1 Å². The molecule has 25 heavy (non-hydrogen) atoms. The highest BCUT2D eigenvalue weighted by molar-refractivity contribution is 7.84. The van der Waals surface area contributed by atoms with Crippen LogP contribution in [0.4, 0.5) is 5.69 Å². The van der Waals surface area contributed by atoms with E-state index < -0.39 is 28.6 Å². The molecule has 0 aliphatic carbocycles. The standard InChI is InChI=1S/C16H15NO7S/c1-23-16(21)11-4-2-3-5-12(11)17-14(18)9-25(22)8-10-6-7-13(24-10)15(19)20/h2-7H,8-9H2,1H3,(H,17,18)(H,19,20). The minimum absolute atomic E-state index is 0.0979. The average Bonchev–Trinajstić information content (AvgIpc) is 3.03. The number of para-hydroxylation sites is 1. The maximum atomic E-state index is 12.0. The Kier molecular flexibility index (Phi) is 6.07. The van der Waals surface area contributed by atoms with E-state index in [-0.39, 0.29) is 34.3 Å². The third-order valence-electron chi connectivity index (χ3n) is 3.07. The topological polar surface area (TPSA) is 123 Å². The monoisotopic (exact) mass is 365 g/mol. The van der Waals surface area contributed by atoms with Gasteiger partial charge in [-0.3, -0.25) is 9.00 Å². The van der Waals surface area contributed by atoms with Crippen molar-refractivity contribution in [2.24, 2.45) is 0 Å². The molecule has 1 amide bonds. The zero-order valence-corrected chi connectivity index (χ0v) is 14.0. The van der Waals surface area contributed by atoms with E-state index in [0.717, 1.165) is 0 Å². The van der Waals surface area contributed by atoms with Crippen LogP contribution in [-0.2, 0) is 26.1 Å². The van der Waals surface area contributed by atoms with Crippen molar-refractivity contribution in [1.29, 1.82) is 0 Å². The second-order valence-corrected chi connectivity index (χ2v) is 6.34. The second kappa shape index (κ2) is 8.25. The first-order chi connectivity index (χ1) is 11.9. The van der Waals surface area contributed by atoms with Crippen LogP contribution in [0.25, 0.3) is 0 Å². The number of furan rings is 1. The minimum atomic E-state index is -1.61. The zero-order chi connectivity index (χ0) is 18.4. The molecule has 2 N–H and O–H groups in total. The molecule has 8 nitrogen and oxygen atoms in total. The molecule has 1 aromatic heterocycles. The van der Waals surface area contributed by atoms with Gasteiger partial charge in [-0.05, 0) is 24.3 Å².